The van der Waals surface area contributed by atoms with Gasteiger partial charge in [-0.2, -0.15) is 0 Å². The van der Waals surface area contributed by atoms with Crippen LogP contribution in [0.3, 0.4) is 0 Å². The SMILES string of the molecule is CO[C@H]1C[C@H](C)CC2=C(NCCCCC#C[C@]3(O)CC[C@H]4[C@@H]5CCC6=CC(=O)CC[C@]6(C)[C@H]5CC[C@@]43C)C(=O)C=C(NC(=O)/C(C)=C/C=C\[C@@H](OC)[C@@H](OC(N)=O)/C(C)=C/[C@H](C)[C@H]1O)C2=O. The van der Waals surface area contributed by atoms with Gasteiger partial charge in [0.2, 0.25) is 11.6 Å². The van der Waals surface area contributed by atoms with Gasteiger partial charge in [-0.15, -0.1) is 5.92 Å². The predicted octanol–water partition coefficient (Wildman–Crippen LogP) is 6.79. The number of carbonyl (C=O) groups excluding carboxylic acids is 5. The summed E-state index contributed by atoms with van der Waals surface area (Å²) in [5, 5.41) is 29.6. The summed E-state index contributed by atoms with van der Waals surface area (Å²) in [5.74, 6) is 6.21. The van der Waals surface area contributed by atoms with E-state index in [0.717, 1.165) is 44.6 Å². The van der Waals surface area contributed by atoms with Crippen LogP contribution in [0.4, 0.5) is 4.79 Å². The number of ketones is 3. The van der Waals surface area contributed by atoms with Crippen LogP contribution in [0.5, 0.6) is 0 Å². The molecule has 2 bridgehead atoms. The van der Waals surface area contributed by atoms with Gasteiger partial charge in [-0.3, -0.25) is 19.2 Å². The fourth-order valence-corrected chi connectivity index (χ4v) is 12.3. The van der Waals surface area contributed by atoms with Crippen LogP contribution in [0.1, 0.15) is 125 Å². The number of ether oxygens (including phenoxy) is 3. The number of unbranched alkanes of at least 4 members (excludes halogenated alkanes) is 2. The van der Waals surface area contributed by atoms with Crippen molar-refractivity contribution in [2.24, 2.45) is 46.2 Å². The lowest BCUT2D eigenvalue weighted by molar-refractivity contribution is -0.120. The van der Waals surface area contributed by atoms with Crippen molar-refractivity contribution in [1.82, 2.24) is 10.6 Å². The van der Waals surface area contributed by atoms with Gasteiger partial charge in [0.05, 0.1) is 23.6 Å². The Balaban J connectivity index is 1.13. The number of carbonyl (C=O) groups is 5. The first-order valence-electron chi connectivity index (χ1n) is 24.0. The second-order valence-corrected chi connectivity index (χ2v) is 20.4. The molecule has 3 fully saturated rings. The monoisotopic (exact) mass is 912 g/mol. The number of methoxy groups -OCH3 is 2. The van der Waals surface area contributed by atoms with E-state index >= 15 is 0 Å². The molecule has 0 aromatic heterocycles. The lowest BCUT2D eigenvalue weighted by Gasteiger charge is -2.58. The zero-order chi connectivity index (χ0) is 48.1. The van der Waals surface area contributed by atoms with Crippen molar-refractivity contribution in [3.05, 3.63) is 70.1 Å². The quantitative estimate of drug-likeness (QED) is 0.0743. The van der Waals surface area contributed by atoms with Crippen LogP contribution in [0.2, 0.25) is 0 Å². The number of hydrogen-bond donors (Lipinski definition) is 5. The van der Waals surface area contributed by atoms with Crippen LogP contribution in [0.15, 0.2) is 70.1 Å². The van der Waals surface area contributed by atoms with Crippen molar-refractivity contribution in [3.8, 4) is 11.8 Å². The molecule has 0 saturated heterocycles. The van der Waals surface area contributed by atoms with E-state index in [4.69, 9.17) is 19.9 Å². The maximum absolute atomic E-state index is 14.2. The third kappa shape index (κ3) is 10.6. The molecule has 0 spiro atoms. The molecule has 1 aliphatic heterocycles. The fraction of sp³-hybridized carbons (Fsp3) is 0.642. The number of nitrogens with two attached hydrogens (primary N) is 1. The highest BCUT2D eigenvalue weighted by Crippen LogP contribution is 2.67. The summed E-state index contributed by atoms with van der Waals surface area (Å²) in [6.45, 7) is 12.1. The molecule has 360 valence electrons. The first-order chi connectivity index (χ1) is 31.3. The fourth-order valence-electron chi connectivity index (χ4n) is 12.3. The summed E-state index contributed by atoms with van der Waals surface area (Å²) >= 11 is 0. The summed E-state index contributed by atoms with van der Waals surface area (Å²) in [4.78, 5) is 65.5. The molecule has 13 nitrogen and oxygen atoms in total. The molecule has 2 amide bonds. The van der Waals surface area contributed by atoms with Crippen molar-refractivity contribution < 1.29 is 48.4 Å². The number of nitrogens with one attached hydrogen (secondary N) is 2. The average Bonchev–Trinajstić information content (AvgIpc) is 3.54. The van der Waals surface area contributed by atoms with E-state index in [9.17, 15) is 34.2 Å². The number of fused-ring (bicyclic) bond motifs is 7. The highest BCUT2D eigenvalue weighted by molar-refractivity contribution is 6.23. The standard InChI is InChI=1S/C53H73N3O10/c1-31-26-38-45(55-25-12-10-9-11-21-53(63)24-20-40-37-17-16-35-29-36(57)18-22-51(35,5)39(37)19-23-52(40,53)6)42(58)30-41(47(38)60)56-49(61)32(2)14-13-15-43(64-7)48(66-50(54)62)34(4)28-33(3)46(59)44(27-31)65-8/h13-15,28-31,33,37,39-40,43-44,46,48,55,59,63H,9-10,12,16-20,22-27H2,1-8H3,(H2,54,62)(H,56,61)/b15-13-,32-14+,34-28+/t31-,33+,37-,39+,40+,43-,44+,46-,48+,51+,52+,53+/m1/s1. The number of allylic oxidation sites excluding steroid dienone is 5. The van der Waals surface area contributed by atoms with Crippen molar-refractivity contribution in [3.63, 3.8) is 0 Å². The number of Topliss-reactive ketones (excluding diaryl/α,β-unsaturated/α-hetero) is 1. The second kappa shape index (κ2) is 21.1. The molecule has 0 unspecified atom stereocenters. The third-order valence-electron chi connectivity index (χ3n) is 16.2. The van der Waals surface area contributed by atoms with Crippen LogP contribution < -0.4 is 16.4 Å². The topological polar surface area (TPSA) is 204 Å². The minimum Gasteiger partial charge on any atom is -0.439 e. The first kappa shape index (κ1) is 50.8. The summed E-state index contributed by atoms with van der Waals surface area (Å²) in [6.07, 6.45) is 14.8. The summed E-state index contributed by atoms with van der Waals surface area (Å²) in [5.41, 5.74) is 6.62. The normalized spacial score (nSPS) is 38.7. The minimum absolute atomic E-state index is 0.0799. The second-order valence-electron chi connectivity index (χ2n) is 20.4. The van der Waals surface area contributed by atoms with Gasteiger partial charge in [0.25, 0.3) is 5.91 Å². The van der Waals surface area contributed by atoms with Gasteiger partial charge in [0, 0.05) is 62.2 Å². The molecule has 6 N–H and O–H groups in total. The molecule has 0 aromatic rings. The summed E-state index contributed by atoms with van der Waals surface area (Å²) in [6, 6.07) is 0. The van der Waals surface area contributed by atoms with Gasteiger partial charge in [0.15, 0.2) is 11.9 Å². The zero-order valence-corrected chi connectivity index (χ0v) is 40.3. The largest absolute Gasteiger partial charge is 0.439 e. The number of hydrogen-bond acceptors (Lipinski definition) is 11. The molecular formula is C53H73N3O10. The number of primary amides is 1. The lowest BCUT2D eigenvalue weighted by Crippen LogP contribution is -2.54. The smallest absolute Gasteiger partial charge is 0.405 e. The van der Waals surface area contributed by atoms with Crippen molar-refractivity contribution in [2.45, 2.75) is 155 Å². The molecule has 6 aliphatic rings. The first-order valence-corrected chi connectivity index (χ1v) is 24.0. The van der Waals surface area contributed by atoms with Gasteiger partial charge in [-0.1, -0.05) is 63.5 Å². The lowest BCUT2D eigenvalue weighted by atomic mass is 9.46. The molecule has 5 aliphatic carbocycles. The van der Waals surface area contributed by atoms with Crippen molar-refractivity contribution in [1.29, 1.82) is 0 Å². The highest BCUT2D eigenvalue weighted by Gasteiger charge is 2.63. The number of rotatable bonds is 8. The minimum atomic E-state index is -1.05. The van der Waals surface area contributed by atoms with E-state index in [1.54, 1.807) is 32.1 Å². The van der Waals surface area contributed by atoms with Gasteiger partial charge >= 0.3 is 6.09 Å². The Labute approximate surface area is 391 Å². The number of aliphatic hydroxyl groups is 2. The van der Waals surface area contributed by atoms with Crippen molar-refractivity contribution in [2.75, 3.05) is 20.8 Å². The molecule has 13 heteroatoms. The third-order valence-corrected chi connectivity index (χ3v) is 16.2. The van der Waals surface area contributed by atoms with Crippen LogP contribution in [0.25, 0.3) is 0 Å². The van der Waals surface area contributed by atoms with E-state index in [0.29, 0.717) is 68.4 Å². The molecule has 3 saturated carbocycles. The number of aliphatic hydroxyl groups excluding tert-OH is 1. The summed E-state index contributed by atoms with van der Waals surface area (Å²) in [7, 11) is 2.94. The van der Waals surface area contributed by atoms with E-state index in [1.807, 2.05) is 19.9 Å². The van der Waals surface area contributed by atoms with E-state index in [-0.39, 0.29) is 51.5 Å². The van der Waals surface area contributed by atoms with Crippen molar-refractivity contribution >= 4 is 29.4 Å². The van der Waals surface area contributed by atoms with Gasteiger partial charge in [0.1, 0.15) is 11.7 Å². The van der Waals surface area contributed by atoms with Gasteiger partial charge < -0.3 is 40.8 Å². The Hall–Kier alpha value is -4.61. The highest BCUT2D eigenvalue weighted by atomic mass is 16.6. The molecule has 6 rings (SSSR count). The van der Waals surface area contributed by atoms with E-state index < -0.39 is 59.5 Å². The van der Waals surface area contributed by atoms with Crippen LogP contribution in [-0.4, -0.2) is 90.3 Å². The Kier molecular flexibility index (Phi) is 16.3. The van der Waals surface area contributed by atoms with Gasteiger partial charge in [-0.25, -0.2) is 4.79 Å². The van der Waals surface area contributed by atoms with E-state index in [1.165, 1.54) is 25.9 Å². The number of amides is 2. The molecule has 66 heavy (non-hydrogen) atoms. The maximum atomic E-state index is 14.2. The molecule has 1 heterocycles. The Morgan fingerprint density at radius 2 is 1.73 bits per heavy atom. The molecule has 0 radical (unpaired) electrons. The Morgan fingerprint density at radius 3 is 2.44 bits per heavy atom. The van der Waals surface area contributed by atoms with Crippen LogP contribution >= 0.6 is 0 Å². The zero-order valence-electron chi connectivity index (χ0n) is 40.3. The Morgan fingerprint density at radius 1 is 0.985 bits per heavy atom. The Bertz CT molecular complexity index is 2170. The van der Waals surface area contributed by atoms with Crippen LogP contribution in [0, 0.1) is 52.3 Å². The molecule has 0 aromatic carbocycles. The van der Waals surface area contributed by atoms with E-state index in [2.05, 4.69) is 36.3 Å². The predicted molar refractivity (Wildman–Crippen MR) is 251 cm³/mol. The molecule has 12 atom stereocenters. The summed E-state index contributed by atoms with van der Waals surface area (Å²) < 4.78 is 16.8. The van der Waals surface area contributed by atoms with Gasteiger partial charge in [-0.05, 0) is 125 Å². The van der Waals surface area contributed by atoms with Crippen LogP contribution in [-0.2, 0) is 33.4 Å². The molecular weight excluding hydrogens is 839 g/mol. The maximum Gasteiger partial charge on any atom is 0.405 e. The average molecular weight is 912 g/mol.